The minimum Gasteiger partial charge on any atom is -0.355 e. The average molecular weight is 361 g/mol. The van der Waals surface area contributed by atoms with E-state index in [1.807, 2.05) is 12.1 Å². The lowest BCUT2D eigenvalue weighted by Crippen LogP contribution is -2.49. The van der Waals surface area contributed by atoms with Crippen molar-refractivity contribution >= 4 is 22.8 Å². The Morgan fingerprint density at radius 3 is 2.77 bits per heavy atom. The summed E-state index contributed by atoms with van der Waals surface area (Å²) >= 11 is 0. The molecule has 8 heteroatoms. The third kappa shape index (κ3) is 3.32. The number of rotatable bonds is 2. The molecular formula is C18H21F2N5O. The number of halogens is 2. The number of carbonyl (C=O) groups excluding carboxylic acids is 1. The molecule has 0 saturated carbocycles. The Bertz CT molecular complexity index is 800. The Morgan fingerprint density at radius 1 is 1.15 bits per heavy atom. The summed E-state index contributed by atoms with van der Waals surface area (Å²) in [5, 5.41) is 0.862. The van der Waals surface area contributed by atoms with E-state index in [1.165, 1.54) is 6.33 Å². The molecule has 138 valence electrons. The van der Waals surface area contributed by atoms with Crippen molar-refractivity contribution in [3.63, 3.8) is 0 Å². The number of hydrogen-bond donors (Lipinski definition) is 0. The third-order valence-corrected chi connectivity index (χ3v) is 5.26. The fraction of sp³-hybridized carbons (Fsp3) is 0.556. The number of carbonyl (C=O) groups is 1. The van der Waals surface area contributed by atoms with Crippen LogP contribution in [0.4, 0.5) is 14.6 Å². The van der Waals surface area contributed by atoms with E-state index in [0.29, 0.717) is 12.2 Å². The Hall–Kier alpha value is -2.38. The quantitative estimate of drug-likeness (QED) is 0.822. The van der Waals surface area contributed by atoms with Crippen molar-refractivity contribution in [2.24, 2.45) is 5.92 Å². The number of amides is 1. The van der Waals surface area contributed by atoms with E-state index in [4.69, 9.17) is 0 Å². The first-order valence-corrected chi connectivity index (χ1v) is 9.01. The van der Waals surface area contributed by atoms with Crippen LogP contribution < -0.4 is 4.90 Å². The van der Waals surface area contributed by atoms with Gasteiger partial charge in [-0.3, -0.25) is 4.79 Å². The average Bonchev–Trinajstić information content (AvgIpc) is 2.67. The Morgan fingerprint density at radius 2 is 1.96 bits per heavy atom. The predicted octanol–water partition coefficient (Wildman–Crippen LogP) is 2.50. The van der Waals surface area contributed by atoms with Crippen LogP contribution in [0.2, 0.25) is 0 Å². The minimum absolute atomic E-state index is 0.0123. The highest BCUT2D eigenvalue weighted by Gasteiger charge is 2.38. The van der Waals surface area contributed by atoms with Crippen LogP contribution in [-0.2, 0) is 4.79 Å². The van der Waals surface area contributed by atoms with Gasteiger partial charge in [0.15, 0.2) is 5.65 Å². The van der Waals surface area contributed by atoms with Crippen LogP contribution in [0, 0.1) is 5.92 Å². The van der Waals surface area contributed by atoms with Gasteiger partial charge in [-0.15, -0.1) is 0 Å². The van der Waals surface area contributed by atoms with Crippen LogP contribution >= 0.6 is 0 Å². The monoisotopic (exact) mass is 361 g/mol. The van der Waals surface area contributed by atoms with Gasteiger partial charge in [0.05, 0.1) is 11.3 Å². The summed E-state index contributed by atoms with van der Waals surface area (Å²) in [6, 6.07) is 3.77. The van der Waals surface area contributed by atoms with Gasteiger partial charge in [0.2, 0.25) is 5.91 Å². The van der Waals surface area contributed by atoms with Gasteiger partial charge < -0.3 is 9.80 Å². The molecule has 0 spiro atoms. The first-order chi connectivity index (χ1) is 12.5. The Kier molecular flexibility index (Phi) is 4.42. The zero-order chi connectivity index (χ0) is 18.1. The second-order valence-electron chi connectivity index (χ2n) is 7.04. The van der Waals surface area contributed by atoms with Gasteiger partial charge in [0, 0.05) is 45.2 Å². The molecule has 2 aliphatic rings. The summed E-state index contributed by atoms with van der Waals surface area (Å²) in [6.07, 6.45) is 4.35. The minimum atomic E-state index is -2.64. The van der Waals surface area contributed by atoms with Gasteiger partial charge >= 0.3 is 0 Å². The highest BCUT2D eigenvalue weighted by Crippen LogP contribution is 2.31. The van der Waals surface area contributed by atoms with E-state index < -0.39 is 5.92 Å². The molecule has 0 N–H and O–H groups in total. The van der Waals surface area contributed by atoms with E-state index >= 15 is 0 Å². The zero-order valence-electron chi connectivity index (χ0n) is 14.4. The van der Waals surface area contributed by atoms with E-state index in [0.717, 1.165) is 30.6 Å². The summed E-state index contributed by atoms with van der Waals surface area (Å²) in [7, 11) is 0. The summed E-state index contributed by atoms with van der Waals surface area (Å²) in [5.74, 6) is -2.05. The summed E-state index contributed by atoms with van der Waals surface area (Å²) in [6.45, 7) is 1.64. The molecule has 4 heterocycles. The molecule has 1 amide bonds. The van der Waals surface area contributed by atoms with E-state index in [-0.39, 0.29) is 37.8 Å². The van der Waals surface area contributed by atoms with Crippen molar-refractivity contribution in [2.45, 2.75) is 31.6 Å². The van der Waals surface area contributed by atoms with Crippen molar-refractivity contribution in [3.8, 4) is 0 Å². The first kappa shape index (κ1) is 17.1. The Labute approximate surface area is 150 Å². The highest BCUT2D eigenvalue weighted by molar-refractivity contribution is 5.87. The number of nitrogens with zero attached hydrogens (tertiary/aromatic N) is 5. The molecule has 2 saturated heterocycles. The van der Waals surface area contributed by atoms with Crippen LogP contribution in [0.1, 0.15) is 25.7 Å². The molecule has 2 aliphatic heterocycles. The first-order valence-electron chi connectivity index (χ1n) is 9.01. The molecule has 0 bridgehead atoms. The molecular weight excluding hydrogens is 340 g/mol. The van der Waals surface area contributed by atoms with E-state index in [2.05, 4.69) is 19.9 Å². The van der Waals surface area contributed by atoms with Gasteiger partial charge in [-0.1, -0.05) is 0 Å². The largest absolute Gasteiger partial charge is 0.355 e. The maximum absolute atomic E-state index is 13.3. The standard InChI is InChI=1S/C18H21F2N5O/c19-18(20)5-9-24(10-6-18)17(26)13-3-2-8-25(11-13)16-14-4-1-7-21-15(14)22-12-23-16/h1,4,7,12-13H,2-3,5-6,8-11H2. The molecule has 0 aliphatic carbocycles. The van der Waals surface area contributed by atoms with Gasteiger partial charge in [0.25, 0.3) is 5.92 Å². The van der Waals surface area contributed by atoms with Crippen LogP contribution in [0.3, 0.4) is 0 Å². The number of aromatic nitrogens is 3. The van der Waals surface area contributed by atoms with Crippen molar-refractivity contribution < 1.29 is 13.6 Å². The number of piperidine rings is 2. The predicted molar refractivity (Wildman–Crippen MR) is 93.0 cm³/mol. The summed E-state index contributed by atoms with van der Waals surface area (Å²) in [5.41, 5.74) is 0.629. The van der Waals surface area contributed by atoms with Crippen molar-refractivity contribution in [3.05, 3.63) is 24.7 Å². The topological polar surface area (TPSA) is 62.2 Å². The second kappa shape index (κ2) is 6.74. The normalized spacial score (nSPS) is 23.2. The van der Waals surface area contributed by atoms with E-state index in [9.17, 15) is 13.6 Å². The van der Waals surface area contributed by atoms with Crippen molar-refractivity contribution in [2.75, 3.05) is 31.1 Å². The fourth-order valence-electron chi connectivity index (χ4n) is 3.82. The van der Waals surface area contributed by atoms with Gasteiger partial charge in [-0.2, -0.15) is 0 Å². The van der Waals surface area contributed by atoms with Gasteiger partial charge in [0.1, 0.15) is 12.1 Å². The number of hydrogen-bond acceptors (Lipinski definition) is 5. The lowest BCUT2D eigenvalue weighted by molar-refractivity contribution is -0.141. The number of alkyl halides is 2. The van der Waals surface area contributed by atoms with Crippen LogP contribution in [0.25, 0.3) is 11.0 Å². The molecule has 2 aromatic heterocycles. The molecule has 6 nitrogen and oxygen atoms in total. The smallest absolute Gasteiger partial charge is 0.251 e. The van der Waals surface area contributed by atoms with Crippen LogP contribution in [0.5, 0.6) is 0 Å². The Balaban J connectivity index is 1.50. The number of likely N-dealkylation sites (tertiary alicyclic amines) is 1. The maximum atomic E-state index is 13.3. The number of anilines is 1. The highest BCUT2D eigenvalue weighted by atomic mass is 19.3. The third-order valence-electron chi connectivity index (χ3n) is 5.26. The lowest BCUT2D eigenvalue weighted by atomic mass is 9.95. The van der Waals surface area contributed by atoms with Gasteiger partial charge in [-0.25, -0.2) is 23.7 Å². The molecule has 1 unspecified atom stereocenters. The molecule has 2 fully saturated rings. The summed E-state index contributed by atoms with van der Waals surface area (Å²) < 4.78 is 26.7. The van der Waals surface area contributed by atoms with E-state index in [1.54, 1.807) is 11.1 Å². The molecule has 0 aromatic carbocycles. The van der Waals surface area contributed by atoms with Crippen LogP contribution in [0.15, 0.2) is 24.7 Å². The molecule has 0 radical (unpaired) electrons. The lowest BCUT2D eigenvalue weighted by Gasteiger charge is -2.38. The molecule has 1 atom stereocenters. The van der Waals surface area contributed by atoms with Crippen molar-refractivity contribution in [1.29, 1.82) is 0 Å². The molecule has 2 aromatic rings. The zero-order valence-corrected chi connectivity index (χ0v) is 14.4. The van der Waals surface area contributed by atoms with Crippen molar-refractivity contribution in [1.82, 2.24) is 19.9 Å². The number of fused-ring (bicyclic) bond motifs is 1. The second-order valence-corrected chi connectivity index (χ2v) is 7.04. The molecule has 4 rings (SSSR count). The molecule has 26 heavy (non-hydrogen) atoms. The van der Waals surface area contributed by atoms with Gasteiger partial charge in [-0.05, 0) is 25.0 Å². The number of pyridine rings is 1. The maximum Gasteiger partial charge on any atom is 0.251 e. The fourth-order valence-corrected chi connectivity index (χ4v) is 3.82. The van der Waals surface area contributed by atoms with Crippen LogP contribution in [-0.4, -0.2) is 57.9 Å². The SMILES string of the molecule is O=C(C1CCCN(c2ncnc3ncccc23)C1)N1CCC(F)(F)CC1. The summed E-state index contributed by atoms with van der Waals surface area (Å²) in [4.78, 5) is 29.4.